The summed E-state index contributed by atoms with van der Waals surface area (Å²) in [6.45, 7) is 4.73. The van der Waals surface area contributed by atoms with Crippen LogP contribution in [-0.4, -0.2) is 18.6 Å². The van der Waals surface area contributed by atoms with E-state index in [0.29, 0.717) is 13.0 Å². The quantitative estimate of drug-likeness (QED) is 0.789. The van der Waals surface area contributed by atoms with Gasteiger partial charge in [-0.2, -0.15) is 0 Å². The molecule has 2 atom stereocenters. The van der Waals surface area contributed by atoms with Gasteiger partial charge in [0.1, 0.15) is 5.75 Å². The molecule has 1 aliphatic rings. The van der Waals surface area contributed by atoms with Gasteiger partial charge in [0.25, 0.3) is 5.91 Å². The summed E-state index contributed by atoms with van der Waals surface area (Å²) in [5.74, 6) is 1.05. The Kier molecular flexibility index (Phi) is 6.32. The third-order valence-corrected chi connectivity index (χ3v) is 5.21. The number of nitrogens with one attached hydrogen (secondary N) is 1. The first-order valence-corrected chi connectivity index (χ1v) is 9.78. The molecule has 2 aromatic rings. The number of amides is 1. The van der Waals surface area contributed by atoms with Gasteiger partial charge in [-0.05, 0) is 66.8 Å². The Morgan fingerprint density at radius 2 is 1.81 bits per heavy atom. The number of hydrogen-bond donors (Lipinski definition) is 1. The van der Waals surface area contributed by atoms with Crippen molar-refractivity contribution in [2.24, 2.45) is 0 Å². The van der Waals surface area contributed by atoms with Gasteiger partial charge in [0.2, 0.25) is 0 Å². The van der Waals surface area contributed by atoms with Crippen LogP contribution in [0.4, 0.5) is 0 Å². The van der Waals surface area contributed by atoms with Crippen LogP contribution >= 0.6 is 0 Å². The zero-order valence-electron chi connectivity index (χ0n) is 15.8. The number of hydrogen-bond acceptors (Lipinski definition) is 2. The van der Waals surface area contributed by atoms with E-state index in [1.54, 1.807) is 0 Å². The molecular formula is C23H29NO2. The summed E-state index contributed by atoms with van der Waals surface area (Å²) < 4.78 is 6.02. The smallest absolute Gasteiger partial charge is 0.261 e. The summed E-state index contributed by atoms with van der Waals surface area (Å²) in [6, 6.07) is 16.5. The molecule has 3 rings (SSSR count). The number of rotatable bonds is 7. The molecule has 0 aromatic heterocycles. The maximum atomic E-state index is 12.6. The standard InChI is InChI=1S/C23H29NO2/c1-3-22(23(25)24-16-17(2)18-9-5-4-6-10-18)26-21-14-13-19-11-7-8-12-20(19)15-21/h4-6,9-10,13-15,17,22H,3,7-8,11-12,16H2,1-2H3,(H,24,25). The molecule has 0 bridgehead atoms. The van der Waals surface area contributed by atoms with Gasteiger partial charge >= 0.3 is 0 Å². The van der Waals surface area contributed by atoms with E-state index in [2.05, 4.69) is 36.5 Å². The fourth-order valence-electron chi connectivity index (χ4n) is 3.54. The molecule has 2 unspecified atom stereocenters. The monoisotopic (exact) mass is 351 g/mol. The van der Waals surface area contributed by atoms with Crippen molar-refractivity contribution in [2.45, 2.75) is 58.0 Å². The lowest BCUT2D eigenvalue weighted by Gasteiger charge is -2.21. The Labute approximate surface area is 156 Å². The first-order chi connectivity index (χ1) is 12.7. The van der Waals surface area contributed by atoms with E-state index < -0.39 is 6.10 Å². The van der Waals surface area contributed by atoms with E-state index in [-0.39, 0.29) is 11.8 Å². The average molecular weight is 351 g/mol. The number of carbonyl (C=O) groups excluding carboxylic acids is 1. The lowest BCUT2D eigenvalue weighted by molar-refractivity contribution is -0.128. The average Bonchev–Trinajstić information content (AvgIpc) is 2.70. The summed E-state index contributed by atoms with van der Waals surface area (Å²) >= 11 is 0. The Morgan fingerprint density at radius 1 is 1.08 bits per heavy atom. The highest BCUT2D eigenvalue weighted by atomic mass is 16.5. The van der Waals surface area contributed by atoms with Crippen molar-refractivity contribution in [3.8, 4) is 5.75 Å². The summed E-state index contributed by atoms with van der Waals surface area (Å²) in [5.41, 5.74) is 4.04. The van der Waals surface area contributed by atoms with Gasteiger partial charge in [-0.25, -0.2) is 0 Å². The SMILES string of the molecule is CCC(Oc1ccc2c(c1)CCCC2)C(=O)NCC(C)c1ccccc1. The van der Waals surface area contributed by atoms with E-state index in [1.165, 1.54) is 29.5 Å². The van der Waals surface area contributed by atoms with Crippen molar-refractivity contribution in [2.75, 3.05) is 6.54 Å². The predicted molar refractivity (Wildman–Crippen MR) is 106 cm³/mol. The van der Waals surface area contributed by atoms with Gasteiger partial charge in [0.05, 0.1) is 0 Å². The summed E-state index contributed by atoms with van der Waals surface area (Å²) in [5, 5.41) is 3.05. The second kappa shape index (κ2) is 8.88. The Balaban J connectivity index is 1.57. The minimum Gasteiger partial charge on any atom is -0.481 e. The van der Waals surface area contributed by atoms with E-state index >= 15 is 0 Å². The van der Waals surface area contributed by atoms with E-state index in [0.717, 1.165) is 18.6 Å². The summed E-state index contributed by atoms with van der Waals surface area (Å²) in [4.78, 5) is 12.6. The molecule has 1 aliphatic carbocycles. The van der Waals surface area contributed by atoms with Crippen molar-refractivity contribution in [3.63, 3.8) is 0 Å². The van der Waals surface area contributed by atoms with Crippen LogP contribution in [0.3, 0.4) is 0 Å². The lowest BCUT2D eigenvalue weighted by Crippen LogP contribution is -2.39. The molecule has 0 fully saturated rings. The predicted octanol–water partition coefficient (Wildman–Crippen LogP) is 4.64. The number of ether oxygens (including phenoxy) is 1. The molecule has 0 saturated heterocycles. The molecule has 1 N–H and O–H groups in total. The highest BCUT2D eigenvalue weighted by Gasteiger charge is 2.20. The van der Waals surface area contributed by atoms with Gasteiger partial charge in [-0.15, -0.1) is 0 Å². The molecule has 1 amide bonds. The van der Waals surface area contributed by atoms with Crippen LogP contribution < -0.4 is 10.1 Å². The molecule has 138 valence electrons. The van der Waals surface area contributed by atoms with Gasteiger partial charge < -0.3 is 10.1 Å². The van der Waals surface area contributed by atoms with E-state index in [1.807, 2.05) is 31.2 Å². The molecule has 0 saturated carbocycles. The van der Waals surface area contributed by atoms with Crippen molar-refractivity contribution < 1.29 is 9.53 Å². The molecule has 3 heteroatoms. The second-order valence-corrected chi connectivity index (χ2v) is 7.21. The topological polar surface area (TPSA) is 38.3 Å². The van der Waals surface area contributed by atoms with Crippen LogP contribution in [0.15, 0.2) is 48.5 Å². The van der Waals surface area contributed by atoms with Crippen molar-refractivity contribution in [1.82, 2.24) is 5.32 Å². The minimum absolute atomic E-state index is 0.0343. The first kappa shape index (κ1) is 18.5. The highest BCUT2D eigenvalue weighted by molar-refractivity contribution is 5.81. The summed E-state index contributed by atoms with van der Waals surface area (Å²) in [7, 11) is 0. The molecule has 2 aromatic carbocycles. The molecule has 0 heterocycles. The van der Waals surface area contributed by atoms with Crippen LogP contribution in [0.5, 0.6) is 5.75 Å². The highest BCUT2D eigenvalue weighted by Crippen LogP contribution is 2.26. The van der Waals surface area contributed by atoms with E-state index in [4.69, 9.17) is 4.74 Å². The summed E-state index contributed by atoms with van der Waals surface area (Å²) in [6.07, 6.45) is 5.00. The van der Waals surface area contributed by atoms with Crippen LogP contribution in [0.2, 0.25) is 0 Å². The Hall–Kier alpha value is -2.29. The molecule has 0 aliphatic heterocycles. The van der Waals surface area contributed by atoms with Crippen LogP contribution in [-0.2, 0) is 17.6 Å². The largest absolute Gasteiger partial charge is 0.481 e. The molecule has 26 heavy (non-hydrogen) atoms. The molecular weight excluding hydrogens is 322 g/mol. The minimum atomic E-state index is -0.445. The first-order valence-electron chi connectivity index (χ1n) is 9.78. The Morgan fingerprint density at radius 3 is 2.54 bits per heavy atom. The molecule has 0 spiro atoms. The van der Waals surface area contributed by atoms with Gasteiger partial charge in [-0.3, -0.25) is 4.79 Å². The number of aryl methyl sites for hydroxylation is 2. The number of carbonyl (C=O) groups is 1. The van der Waals surface area contributed by atoms with Crippen molar-refractivity contribution in [3.05, 3.63) is 65.2 Å². The Bertz CT molecular complexity index is 726. The maximum Gasteiger partial charge on any atom is 0.261 e. The zero-order chi connectivity index (χ0) is 18.4. The van der Waals surface area contributed by atoms with Gasteiger partial charge in [0.15, 0.2) is 6.10 Å². The normalized spacial score (nSPS) is 15.6. The fraction of sp³-hybridized carbons (Fsp3) is 0.435. The van der Waals surface area contributed by atoms with Crippen LogP contribution in [0, 0.1) is 0 Å². The fourth-order valence-corrected chi connectivity index (χ4v) is 3.54. The number of benzene rings is 2. The second-order valence-electron chi connectivity index (χ2n) is 7.21. The van der Waals surface area contributed by atoms with Gasteiger partial charge in [-0.1, -0.05) is 50.2 Å². The number of fused-ring (bicyclic) bond motifs is 1. The van der Waals surface area contributed by atoms with Gasteiger partial charge in [0, 0.05) is 6.54 Å². The third kappa shape index (κ3) is 4.66. The van der Waals surface area contributed by atoms with Crippen LogP contribution in [0.1, 0.15) is 55.7 Å². The van der Waals surface area contributed by atoms with Crippen molar-refractivity contribution in [1.29, 1.82) is 0 Å². The molecule has 0 radical (unpaired) electrons. The maximum absolute atomic E-state index is 12.6. The lowest BCUT2D eigenvalue weighted by atomic mass is 9.92. The zero-order valence-corrected chi connectivity index (χ0v) is 15.8. The van der Waals surface area contributed by atoms with Crippen molar-refractivity contribution >= 4 is 5.91 Å². The van der Waals surface area contributed by atoms with Crippen LogP contribution in [0.25, 0.3) is 0 Å². The molecule has 3 nitrogen and oxygen atoms in total. The van der Waals surface area contributed by atoms with E-state index in [9.17, 15) is 4.79 Å². The third-order valence-electron chi connectivity index (χ3n) is 5.21.